The summed E-state index contributed by atoms with van der Waals surface area (Å²) >= 11 is 0. The highest BCUT2D eigenvalue weighted by Gasteiger charge is 2.18. The van der Waals surface area contributed by atoms with Crippen molar-refractivity contribution in [1.29, 1.82) is 0 Å². The molecule has 0 fully saturated rings. The molecule has 104 valence electrons. The van der Waals surface area contributed by atoms with E-state index in [0.717, 1.165) is 24.9 Å². The maximum atomic E-state index is 11.6. The van der Waals surface area contributed by atoms with Crippen LogP contribution in [0, 0.1) is 5.92 Å². The Hall–Kier alpha value is -1.00. The summed E-state index contributed by atoms with van der Waals surface area (Å²) in [7, 11) is 1.80. The zero-order valence-corrected chi connectivity index (χ0v) is 12.7. The number of fused-ring (bicyclic) bond motifs is 1. The summed E-state index contributed by atoms with van der Waals surface area (Å²) < 4.78 is 25.2. The van der Waals surface area contributed by atoms with Crippen LogP contribution in [0.25, 0.3) is 10.9 Å². The van der Waals surface area contributed by atoms with Gasteiger partial charge in [-0.05, 0) is 24.8 Å². The predicted molar refractivity (Wildman–Crippen MR) is 79.0 cm³/mol. The predicted octanol–water partition coefficient (Wildman–Crippen LogP) is 4.01. The fourth-order valence-corrected chi connectivity index (χ4v) is 3.32. The van der Waals surface area contributed by atoms with Gasteiger partial charge in [-0.1, -0.05) is 32.0 Å². The van der Waals surface area contributed by atoms with Gasteiger partial charge in [0.25, 0.3) is 9.05 Å². The zero-order chi connectivity index (χ0) is 14.0. The van der Waals surface area contributed by atoms with Crippen LogP contribution in [0.5, 0.6) is 0 Å². The van der Waals surface area contributed by atoms with Crippen molar-refractivity contribution < 1.29 is 8.42 Å². The number of rotatable bonds is 5. The zero-order valence-electron chi connectivity index (χ0n) is 11.1. The molecule has 0 spiro atoms. The lowest BCUT2D eigenvalue weighted by atomic mass is 10.1. The first-order chi connectivity index (χ1) is 8.89. The van der Waals surface area contributed by atoms with Gasteiger partial charge >= 0.3 is 0 Å². The van der Waals surface area contributed by atoms with E-state index >= 15 is 0 Å². The van der Waals surface area contributed by atoms with Gasteiger partial charge in [-0.3, -0.25) is 0 Å². The molecule has 0 aliphatic carbocycles. The Labute approximate surface area is 118 Å². The minimum absolute atomic E-state index is 0.203. The molecule has 0 radical (unpaired) electrons. The molecule has 2 aromatic rings. The molecule has 0 unspecified atom stereocenters. The van der Waals surface area contributed by atoms with Gasteiger partial charge in [0.05, 0.1) is 0 Å². The van der Waals surface area contributed by atoms with Crippen molar-refractivity contribution in [2.45, 2.75) is 38.1 Å². The molecule has 5 heteroatoms. The average Bonchev–Trinajstić information content (AvgIpc) is 2.68. The van der Waals surface area contributed by atoms with Gasteiger partial charge in [0.2, 0.25) is 0 Å². The standard InChI is InChI=1S/C14H18ClNO2S/c1-11(2)6-5-9-16-10-14(19(15,17)18)12-7-3-4-8-13(12)16/h3-4,7-8,10-11H,5-6,9H2,1-2H3. The van der Waals surface area contributed by atoms with E-state index in [1.165, 1.54) is 0 Å². The molecule has 0 aliphatic rings. The second-order valence-electron chi connectivity index (χ2n) is 5.18. The summed E-state index contributed by atoms with van der Waals surface area (Å²) in [6.45, 7) is 5.18. The molecule has 1 aromatic carbocycles. The normalized spacial score (nSPS) is 12.4. The third-order valence-electron chi connectivity index (χ3n) is 3.20. The number of aromatic nitrogens is 1. The van der Waals surface area contributed by atoms with Crippen LogP contribution < -0.4 is 0 Å². The second-order valence-corrected chi connectivity index (χ2v) is 7.71. The van der Waals surface area contributed by atoms with Crippen LogP contribution in [0.4, 0.5) is 0 Å². The number of benzene rings is 1. The lowest BCUT2D eigenvalue weighted by molar-refractivity contribution is 0.517. The lowest BCUT2D eigenvalue weighted by Gasteiger charge is -2.06. The Bertz CT molecular complexity index is 674. The van der Waals surface area contributed by atoms with E-state index in [4.69, 9.17) is 10.7 Å². The highest BCUT2D eigenvalue weighted by atomic mass is 35.7. The first kappa shape index (κ1) is 14.4. The summed E-state index contributed by atoms with van der Waals surface area (Å²) in [4.78, 5) is 0.203. The SMILES string of the molecule is CC(C)CCCn1cc(S(=O)(=O)Cl)c2ccccc21. The van der Waals surface area contributed by atoms with E-state index in [-0.39, 0.29) is 4.90 Å². The molecule has 0 atom stereocenters. The van der Waals surface area contributed by atoms with Crippen molar-refractivity contribution in [2.75, 3.05) is 0 Å². The molecule has 2 rings (SSSR count). The van der Waals surface area contributed by atoms with Gasteiger partial charge < -0.3 is 4.57 Å². The number of aryl methyl sites for hydroxylation is 1. The van der Waals surface area contributed by atoms with Gasteiger partial charge in [0, 0.05) is 34.3 Å². The number of para-hydroxylation sites is 1. The van der Waals surface area contributed by atoms with Crippen molar-refractivity contribution in [3.05, 3.63) is 30.5 Å². The summed E-state index contributed by atoms with van der Waals surface area (Å²) in [5, 5.41) is 0.696. The Morgan fingerprint density at radius 3 is 2.58 bits per heavy atom. The number of hydrogen-bond donors (Lipinski definition) is 0. The molecule has 0 aliphatic heterocycles. The fourth-order valence-electron chi connectivity index (χ4n) is 2.26. The highest BCUT2D eigenvalue weighted by Crippen LogP contribution is 2.28. The largest absolute Gasteiger partial charge is 0.346 e. The van der Waals surface area contributed by atoms with E-state index in [9.17, 15) is 8.42 Å². The first-order valence-electron chi connectivity index (χ1n) is 6.42. The van der Waals surface area contributed by atoms with Crippen LogP contribution in [-0.2, 0) is 15.6 Å². The molecule has 19 heavy (non-hydrogen) atoms. The molecular weight excluding hydrogens is 282 g/mol. The maximum absolute atomic E-state index is 11.6. The minimum Gasteiger partial charge on any atom is -0.346 e. The quantitative estimate of drug-likeness (QED) is 0.783. The van der Waals surface area contributed by atoms with Crippen LogP contribution in [0.2, 0.25) is 0 Å². The number of halogens is 1. The molecule has 0 amide bonds. The first-order valence-corrected chi connectivity index (χ1v) is 8.73. The molecule has 0 saturated heterocycles. The second kappa shape index (κ2) is 5.55. The summed E-state index contributed by atoms with van der Waals surface area (Å²) in [5.74, 6) is 0.651. The third kappa shape index (κ3) is 3.31. The van der Waals surface area contributed by atoms with E-state index in [0.29, 0.717) is 11.3 Å². The van der Waals surface area contributed by atoms with Crippen molar-refractivity contribution >= 4 is 30.6 Å². The third-order valence-corrected chi connectivity index (χ3v) is 4.54. The minimum atomic E-state index is -3.70. The van der Waals surface area contributed by atoms with Crippen molar-refractivity contribution in [3.63, 3.8) is 0 Å². The topological polar surface area (TPSA) is 39.1 Å². The van der Waals surface area contributed by atoms with Crippen LogP contribution in [-0.4, -0.2) is 13.0 Å². The van der Waals surface area contributed by atoms with Crippen molar-refractivity contribution in [3.8, 4) is 0 Å². The Kier molecular flexibility index (Phi) is 4.21. The molecule has 3 nitrogen and oxygen atoms in total. The lowest BCUT2D eigenvalue weighted by Crippen LogP contribution is -1.98. The van der Waals surface area contributed by atoms with E-state index in [1.807, 2.05) is 22.8 Å². The van der Waals surface area contributed by atoms with E-state index in [1.54, 1.807) is 12.3 Å². The Balaban J connectivity index is 2.39. The Morgan fingerprint density at radius 1 is 1.26 bits per heavy atom. The number of nitrogens with zero attached hydrogens (tertiary/aromatic N) is 1. The summed E-state index contributed by atoms with van der Waals surface area (Å²) in [5.41, 5.74) is 0.922. The van der Waals surface area contributed by atoms with Crippen LogP contribution in [0.3, 0.4) is 0 Å². The molecule has 1 aromatic heterocycles. The van der Waals surface area contributed by atoms with Crippen LogP contribution >= 0.6 is 10.7 Å². The molecule has 1 heterocycles. The Morgan fingerprint density at radius 2 is 1.95 bits per heavy atom. The molecular formula is C14H18ClNO2S. The van der Waals surface area contributed by atoms with Crippen LogP contribution in [0.15, 0.2) is 35.4 Å². The summed E-state index contributed by atoms with van der Waals surface area (Å²) in [6.07, 6.45) is 3.79. The van der Waals surface area contributed by atoms with E-state index < -0.39 is 9.05 Å². The van der Waals surface area contributed by atoms with Gasteiger partial charge in [-0.15, -0.1) is 0 Å². The van der Waals surface area contributed by atoms with Crippen molar-refractivity contribution in [1.82, 2.24) is 4.57 Å². The summed E-state index contributed by atoms with van der Waals surface area (Å²) in [6, 6.07) is 7.46. The number of hydrogen-bond acceptors (Lipinski definition) is 2. The van der Waals surface area contributed by atoms with Gasteiger partial charge in [0.15, 0.2) is 0 Å². The molecule has 0 bridgehead atoms. The smallest absolute Gasteiger partial charge is 0.263 e. The molecule has 0 N–H and O–H groups in total. The molecule has 0 saturated carbocycles. The van der Waals surface area contributed by atoms with Crippen molar-refractivity contribution in [2.24, 2.45) is 5.92 Å². The average molecular weight is 300 g/mol. The monoisotopic (exact) mass is 299 g/mol. The van der Waals surface area contributed by atoms with Gasteiger partial charge in [-0.25, -0.2) is 8.42 Å². The van der Waals surface area contributed by atoms with Gasteiger partial charge in [-0.2, -0.15) is 0 Å². The van der Waals surface area contributed by atoms with Crippen LogP contribution in [0.1, 0.15) is 26.7 Å². The van der Waals surface area contributed by atoms with Gasteiger partial charge in [0.1, 0.15) is 4.90 Å². The highest BCUT2D eigenvalue weighted by molar-refractivity contribution is 8.14. The maximum Gasteiger partial charge on any atom is 0.263 e. The fraction of sp³-hybridized carbons (Fsp3) is 0.429. The van der Waals surface area contributed by atoms with E-state index in [2.05, 4.69) is 13.8 Å².